The maximum atomic E-state index is 11.8. The van der Waals surface area contributed by atoms with Crippen molar-refractivity contribution in [1.82, 2.24) is 4.90 Å². The molecule has 0 radical (unpaired) electrons. The summed E-state index contributed by atoms with van der Waals surface area (Å²) in [6.07, 6.45) is 2.13. The van der Waals surface area contributed by atoms with E-state index in [1.165, 1.54) is 0 Å². The Morgan fingerprint density at radius 1 is 1.36 bits per heavy atom. The van der Waals surface area contributed by atoms with Crippen molar-refractivity contribution >= 4 is 5.91 Å². The van der Waals surface area contributed by atoms with E-state index in [1.54, 1.807) is 4.90 Å². The molecule has 0 rings (SSSR count). The van der Waals surface area contributed by atoms with Gasteiger partial charge in [-0.25, -0.2) is 0 Å². The van der Waals surface area contributed by atoms with E-state index in [2.05, 4.69) is 13.8 Å². The van der Waals surface area contributed by atoms with Crippen LogP contribution in [0.25, 0.3) is 0 Å². The third-order valence-electron chi connectivity index (χ3n) is 2.72. The Kier molecular flexibility index (Phi) is 5.77. The highest BCUT2D eigenvalue weighted by Crippen LogP contribution is 2.08. The van der Waals surface area contributed by atoms with E-state index < -0.39 is 0 Å². The second-order valence-corrected chi connectivity index (χ2v) is 4.36. The van der Waals surface area contributed by atoms with Gasteiger partial charge in [0.25, 0.3) is 0 Å². The topological polar surface area (TPSA) is 46.3 Å². The lowest BCUT2D eigenvalue weighted by atomic mass is 10.0. The Bertz CT molecular complexity index is 180. The van der Waals surface area contributed by atoms with Gasteiger partial charge in [0, 0.05) is 13.1 Å². The average Bonchev–Trinajstić information content (AvgIpc) is 2.14. The molecule has 2 unspecified atom stereocenters. The van der Waals surface area contributed by atoms with Crippen molar-refractivity contribution < 1.29 is 4.79 Å². The van der Waals surface area contributed by atoms with Gasteiger partial charge in [0.05, 0.1) is 6.04 Å². The van der Waals surface area contributed by atoms with Crippen molar-refractivity contribution in [3.05, 3.63) is 0 Å². The van der Waals surface area contributed by atoms with E-state index in [0.717, 1.165) is 12.8 Å². The maximum Gasteiger partial charge on any atom is 0.239 e. The molecule has 2 N–H and O–H groups in total. The molecule has 3 nitrogen and oxygen atoms in total. The van der Waals surface area contributed by atoms with E-state index in [4.69, 9.17) is 5.73 Å². The van der Waals surface area contributed by atoms with E-state index >= 15 is 0 Å². The molecule has 0 spiro atoms. The number of rotatable bonds is 5. The van der Waals surface area contributed by atoms with Gasteiger partial charge in [-0.15, -0.1) is 0 Å². The van der Waals surface area contributed by atoms with Gasteiger partial charge in [-0.3, -0.25) is 4.79 Å². The Balaban J connectivity index is 4.23. The van der Waals surface area contributed by atoms with Gasteiger partial charge in [-0.1, -0.05) is 27.2 Å². The van der Waals surface area contributed by atoms with Crippen LogP contribution in [0, 0.1) is 5.92 Å². The molecule has 0 bridgehead atoms. The molecule has 0 aliphatic heterocycles. The molecule has 0 saturated heterocycles. The molecule has 84 valence electrons. The van der Waals surface area contributed by atoms with Crippen molar-refractivity contribution in [2.45, 2.75) is 52.6 Å². The summed E-state index contributed by atoms with van der Waals surface area (Å²) in [5, 5.41) is 0. The van der Waals surface area contributed by atoms with Gasteiger partial charge in [-0.2, -0.15) is 0 Å². The molecule has 0 aliphatic carbocycles. The van der Waals surface area contributed by atoms with Crippen molar-refractivity contribution in [1.29, 1.82) is 0 Å². The SMILES string of the molecule is CCCC(C)N(C)C(=O)C(N)C(C)C. The van der Waals surface area contributed by atoms with Gasteiger partial charge < -0.3 is 10.6 Å². The highest BCUT2D eigenvalue weighted by Gasteiger charge is 2.23. The predicted octanol–water partition coefficient (Wildman–Crippen LogP) is 1.62. The van der Waals surface area contributed by atoms with Gasteiger partial charge in [-0.05, 0) is 19.3 Å². The third kappa shape index (κ3) is 3.66. The van der Waals surface area contributed by atoms with Crippen molar-refractivity contribution in [3.8, 4) is 0 Å². The number of hydrogen-bond acceptors (Lipinski definition) is 2. The minimum Gasteiger partial charge on any atom is -0.342 e. The standard InChI is InChI=1S/C11H24N2O/c1-6-7-9(4)13(5)11(14)10(12)8(2)3/h8-10H,6-7,12H2,1-5H3. The molecule has 0 heterocycles. The van der Waals surface area contributed by atoms with Crippen molar-refractivity contribution in [2.75, 3.05) is 7.05 Å². The van der Waals surface area contributed by atoms with Crippen LogP contribution in [0.5, 0.6) is 0 Å². The smallest absolute Gasteiger partial charge is 0.239 e. The molecule has 0 fully saturated rings. The summed E-state index contributed by atoms with van der Waals surface area (Å²) < 4.78 is 0. The maximum absolute atomic E-state index is 11.8. The van der Waals surface area contributed by atoms with Crippen LogP contribution in [-0.4, -0.2) is 29.9 Å². The van der Waals surface area contributed by atoms with Gasteiger partial charge >= 0.3 is 0 Å². The molecular weight excluding hydrogens is 176 g/mol. The zero-order valence-electron chi connectivity index (χ0n) is 10.1. The first-order valence-corrected chi connectivity index (χ1v) is 5.44. The summed E-state index contributed by atoms with van der Waals surface area (Å²) in [5.74, 6) is 0.264. The molecule has 0 aliphatic rings. The highest BCUT2D eigenvalue weighted by atomic mass is 16.2. The second-order valence-electron chi connectivity index (χ2n) is 4.36. The largest absolute Gasteiger partial charge is 0.342 e. The number of carbonyl (C=O) groups is 1. The number of nitrogens with zero attached hydrogens (tertiary/aromatic N) is 1. The summed E-state index contributed by atoms with van der Waals surface area (Å²) in [6, 6.07) is -0.0726. The van der Waals surface area contributed by atoms with Crippen LogP contribution in [0.4, 0.5) is 0 Å². The third-order valence-corrected chi connectivity index (χ3v) is 2.72. The first-order valence-electron chi connectivity index (χ1n) is 5.44. The van der Waals surface area contributed by atoms with E-state index in [-0.39, 0.29) is 23.9 Å². The zero-order valence-corrected chi connectivity index (χ0v) is 10.1. The number of likely N-dealkylation sites (N-methyl/N-ethyl adjacent to an activating group) is 1. The molecule has 0 saturated carbocycles. The van der Waals surface area contributed by atoms with Crippen LogP contribution in [0.2, 0.25) is 0 Å². The van der Waals surface area contributed by atoms with Crippen LogP contribution >= 0.6 is 0 Å². The Morgan fingerprint density at radius 3 is 2.21 bits per heavy atom. The first kappa shape index (κ1) is 13.4. The van der Waals surface area contributed by atoms with Gasteiger partial charge in [0.2, 0.25) is 5.91 Å². The summed E-state index contributed by atoms with van der Waals surface area (Å²) in [6.45, 7) is 8.13. The lowest BCUT2D eigenvalue weighted by Gasteiger charge is -2.28. The van der Waals surface area contributed by atoms with Crippen LogP contribution < -0.4 is 5.73 Å². The van der Waals surface area contributed by atoms with E-state index in [9.17, 15) is 4.79 Å². The Hall–Kier alpha value is -0.570. The molecule has 2 atom stereocenters. The molecule has 1 amide bonds. The van der Waals surface area contributed by atoms with Crippen LogP contribution in [-0.2, 0) is 4.79 Å². The summed E-state index contributed by atoms with van der Waals surface area (Å²) in [4.78, 5) is 13.6. The van der Waals surface area contributed by atoms with Crippen molar-refractivity contribution in [2.24, 2.45) is 11.7 Å². The minimum atomic E-state index is -0.362. The van der Waals surface area contributed by atoms with Crippen LogP contribution in [0.15, 0.2) is 0 Å². The summed E-state index contributed by atoms with van der Waals surface area (Å²) in [5.41, 5.74) is 5.80. The van der Waals surface area contributed by atoms with E-state index in [0.29, 0.717) is 0 Å². The lowest BCUT2D eigenvalue weighted by Crippen LogP contribution is -2.47. The lowest BCUT2D eigenvalue weighted by molar-refractivity contribution is -0.134. The number of carbonyl (C=O) groups excluding carboxylic acids is 1. The predicted molar refractivity (Wildman–Crippen MR) is 60.0 cm³/mol. The van der Waals surface area contributed by atoms with Gasteiger partial charge in [0.1, 0.15) is 0 Å². The Labute approximate surface area is 87.6 Å². The molecule has 3 heteroatoms. The average molecular weight is 200 g/mol. The fourth-order valence-electron chi connectivity index (χ4n) is 1.35. The fraction of sp³-hybridized carbons (Fsp3) is 0.909. The fourth-order valence-corrected chi connectivity index (χ4v) is 1.35. The zero-order chi connectivity index (χ0) is 11.3. The minimum absolute atomic E-state index is 0.0564. The van der Waals surface area contributed by atoms with Crippen molar-refractivity contribution in [3.63, 3.8) is 0 Å². The summed E-state index contributed by atoms with van der Waals surface area (Å²) >= 11 is 0. The molecule has 0 aromatic rings. The van der Waals surface area contributed by atoms with Crippen LogP contribution in [0.3, 0.4) is 0 Å². The Morgan fingerprint density at radius 2 is 1.86 bits per heavy atom. The molecule has 0 aromatic carbocycles. The van der Waals surface area contributed by atoms with Crippen LogP contribution in [0.1, 0.15) is 40.5 Å². The second kappa shape index (κ2) is 6.02. The number of hydrogen-bond donors (Lipinski definition) is 1. The normalized spacial score (nSPS) is 15.4. The van der Waals surface area contributed by atoms with E-state index in [1.807, 2.05) is 20.9 Å². The molecule has 0 aromatic heterocycles. The number of amides is 1. The quantitative estimate of drug-likeness (QED) is 0.733. The first-order chi connectivity index (χ1) is 6.41. The monoisotopic (exact) mass is 200 g/mol. The highest BCUT2D eigenvalue weighted by molar-refractivity contribution is 5.81. The van der Waals surface area contributed by atoms with Gasteiger partial charge in [0.15, 0.2) is 0 Å². The summed E-state index contributed by atoms with van der Waals surface area (Å²) in [7, 11) is 1.84. The molecule has 14 heavy (non-hydrogen) atoms. The number of nitrogens with two attached hydrogens (primary N) is 1. The molecular formula is C11H24N2O.